The number of nitrogens with zero attached hydrogens (tertiary/aromatic N) is 3. The van der Waals surface area contributed by atoms with Crippen molar-refractivity contribution in [2.75, 3.05) is 0 Å². The second-order valence-electron chi connectivity index (χ2n) is 21.1. The number of aromatic nitrogens is 1. The van der Waals surface area contributed by atoms with Crippen molar-refractivity contribution in [1.82, 2.24) is 4.98 Å². The normalized spacial score (nSPS) is 13.7. The third-order valence-corrected chi connectivity index (χ3v) is 16.5. The molecule has 0 radical (unpaired) electrons. The fraction of sp³-hybridized carbons (Fsp3) is 0.197. The summed E-state index contributed by atoms with van der Waals surface area (Å²) in [6.07, 6.45) is 14.2. The van der Waals surface area contributed by atoms with Crippen molar-refractivity contribution in [3.8, 4) is 69.0 Å². The molecule has 0 amide bonds. The molecule has 0 unspecified atom stereocenters. The number of rotatable bonds is 15. The molecule has 10 rings (SSSR count). The molecule has 0 spiro atoms. The highest BCUT2D eigenvalue weighted by molar-refractivity contribution is 7.85. The van der Waals surface area contributed by atoms with Gasteiger partial charge >= 0.3 is 0 Å². The van der Waals surface area contributed by atoms with Gasteiger partial charge in [-0.2, -0.15) is 18.9 Å². The van der Waals surface area contributed by atoms with Crippen molar-refractivity contribution in [1.29, 1.82) is 10.5 Å². The zero-order valence-electron chi connectivity index (χ0n) is 46.3. The van der Waals surface area contributed by atoms with Gasteiger partial charge in [0.1, 0.15) is 46.4 Å². The summed E-state index contributed by atoms with van der Waals surface area (Å²) >= 11 is 0. The van der Waals surface area contributed by atoms with E-state index in [1.807, 2.05) is 68.4 Å². The molecule has 1 aromatic heterocycles. The molecule has 0 aliphatic heterocycles. The molecule has 1 saturated carbocycles. The van der Waals surface area contributed by atoms with Gasteiger partial charge in [-0.15, -0.1) is 0 Å². The molecule has 9 aromatic rings. The number of carbonyl (C=O) groups is 2. The van der Waals surface area contributed by atoms with Crippen molar-refractivity contribution < 1.29 is 36.8 Å². The van der Waals surface area contributed by atoms with E-state index in [4.69, 9.17) is 14.2 Å². The Labute approximate surface area is 485 Å². The summed E-state index contributed by atoms with van der Waals surface area (Å²) in [6, 6.07) is 59.9. The lowest BCUT2D eigenvalue weighted by molar-refractivity contribution is 0.103. The first-order valence-electron chi connectivity index (χ1n) is 28.0. The predicted molar refractivity (Wildman–Crippen MR) is 321 cm³/mol. The maximum absolute atomic E-state index is 15.1. The summed E-state index contributed by atoms with van der Waals surface area (Å²) in [5.41, 5.74) is 7.09. The molecule has 1 aliphatic carbocycles. The molecule has 12 heteroatoms. The van der Waals surface area contributed by atoms with Crippen LogP contribution in [0.2, 0.25) is 0 Å². The summed E-state index contributed by atoms with van der Waals surface area (Å²) in [5, 5.41) is 21.0. The van der Waals surface area contributed by atoms with Gasteiger partial charge in [0.15, 0.2) is 11.6 Å². The van der Waals surface area contributed by atoms with E-state index < -0.39 is 20.8 Å². The molecular weight excluding hydrogens is 1050 g/mol. The maximum Gasteiger partial charge on any atom is 0.294 e. The first kappa shape index (κ1) is 56.8. The van der Waals surface area contributed by atoms with Crippen molar-refractivity contribution in [2.24, 2.45) is 0 Å². The van der Waals surface area contributed by atoms with Crippen LogP contribution in [0.15, 0.2) is 199 Å². The average Bonchev–Trinajstić information content (AvgIpc) is 3.70. The Balaban J connectivity index is 1.01. The molecular formula is C71H61N3O8S. The van der Waals surface area contributed by atoms with Crippen LogP contribution in [0.3, 0.4) is 0 Å². The van der Waals surface area contributed by atoms with Gasteiger partial charge in [-0.05, 0) is 151 Å². The van der Waals surface area contributed by atoms with Gasteiger partial charge in [0.05, 0.1) is 10.5 Å². The van der Waals surface area contributed by atoms with E-state index in [2.05, 4.69) is 41.4 Å². The van der Waals surface area contributed by atoms with E-state index >= 15 is 4.79 Å². The van der Waals surface area contributed by atoms with Gasteiger partial charge in [0.2, 0.25) is 5.88 Å². The van der Waals surface area contributed by atoms with Gasteiger partial charge in [0, 0.05) is 45.5 Å². The molecule has 1 heterocycles. The van der Waals surface area contributed by atoms with Crippen molar-refractivity contribution in [3.05, 3.63) is 250 Å². The van der Waals surface area contributed by atoms with E-state index in [1.54, 1.807) is 91.1 Å². The molecule has 11 nitrogen and oxygen atoms in total. The van der Waals surface area contributed by atoms with Crippen LogP contribution in [-0.4, -0.2) is 29.5 Å². The van der Waals surface area contributed by atoms with Crippen LogP contribution >= 0.6 is 0 Å². The van der Waals surface area contributed by atoms with Crippen molar-refractivity contribution >= 4 is 21.7 Å². The smallest absolute Gasteiger partial charge is 0.294 e. The minimum atomic E-state index is -4.61. The Bertz CT molecular complexity index is 4020. The Morgan fingerprint density at radius 3 is 1.65 bits per heavy atom. The highest BCUT2D eigenvalue weighted by atomic mass is 32.2. The molecule has 0 bridgehead atoms. The van der Waals surface area contributed by atoms with E-state index in [9.17, 15) is 28.3 Å². The Hall–Kier alpha value is -9.46. The van der Waals surface area contributed by atoms with Crippen LogP contribution in [0.4, 0.5) is 0 Å². The van der Waals surface area contributed by atoms with Gasteiger partial charge < -0.3 is 14.2 Å². The SMILES string of the molecule is Cc1ccc(-c2ccc(-c3cccc(Oc4ccc(C5(c6ccc(Oc7cccc(C)c7C#N)cc6)CCCCCCCCCCC5)cc4)c3C#N)c(C(=O)c3ccc(Oc4ccccn4)cc3)c2)c(C(=O)c2cccc(S(=O)(=O)O)c2)c1. The van der Waals surface area contributed by atoms with Crippen LogP contribution in [0, 0.1) is 36.5 Å². The number of ketones is 2. The zero-order chi connectivity index (χ0) is 57.9. The molecule has 414 valence electrons. The number of aryl methyl sites for hydroxylation is 2. The highest BCUT2D eigenvalue weighted by Gasteiger charge is 2.34. The molecule has 1 aliphatic rings. The lowest BCUT2D eigenvalue weighted by Crippen LogP contribution is -2.28. The third kappa shape index (κ3) is 13.0. The molecule has 0 saturated heterocycles. The maximum atomic E-state index is 15.1. The highest BCUT2D eigenvalue weighted by Crippen LogP contribution is 2.45. The van der Waals surface area contributed by atoms with E-state index in [0.717, 1.165) is 55.7 Å². The summed E-state index contributed by atoms with van der Waals surface area (Å²) in [7, 11) is -4.61. The fourth-order valence-corrected chi connectivity index (χ4v) is 11.8. The number of pyridine rings is 1. The summed E-state index contributed by atoms with van der Waals surface area (Å²) in [4.78, 5) is 33.3. The Morgan fingerprint density at radius 1 is 0.506 bits per heavy atom. The van der Waals surface area contributed by atoms with E-state index in [0.29, 0.717) is 68.0 Å². The van der Waals surface area contributed by atoms with Crippen LogP contribution in [0.5, 0.6) is 34.6 Å². The first-order chi connectivity index (χ1) is 40.3. The number of ether oxygens (including phenoxy) is 3. The minimum absolute atomic E-state index is 0.0427. The molecule has 0 atom stereocenters. The number of benzene rings is 8. The van der Waals surface area contributed by atoms with E-state index in [1.165, 1.54) is 61.4 Å². The molecule has 1 fully saturated rings. The van der Waals surface area contributed by atoms with Crippen LogP contribution in [-0.2, 0) is 15.5 Å². The van der Waals surface area contributed by atoms with E-state index in [-0.39, 0.29) is 33.5 Å². The number of carbonyl (C=O) groups excluding carboxylic acids is 2. The van der Waals surface area contributed by atoms with Gasteiger partial charge in [0.25, 0.3) is 10.1 Å². The third-order valence-electron chi connectivity index (χ3n) is 15.6. The monoisotopic (exact) mass is 1120 g/mol. The predicted octanol–water partition coefficient (Wildman–Crippen LogP) is 17.5. The van der Waals surface area contributed by atoms with Gasteiger partial charge in [-0.3, -0.25) is 14.1 Å². The summed E-state index contributed by atoms with van der Waals surface area (Å²) in [5.74, 6) is 1.98. The largest absolute Gasteiger partial charge is 0.456 e. The minimum Gasteiger partial charge on any atom is -0.456 e. The number of hydrogen-bond acceptors (Lipinski definition) is 10. The van der Waals surface area contributed by atoms with Gasteiger partial charge in [-0.1, -0.05) is 154 Å². The number of nitriles is 2. The Kier molecular flexibility index (Phi) is 17.5. The molecule has 8 aromatic carbocycles. The second kappa shape index (κ2) is 25.6. The second-order valence-corrected chi connectivity index (χ2v) is 22.6. The van der Waals surface area contributed by atoms with Crippen LogP contribution in [0.1, 0.15) is 136 Å². The summed E-state index contributed by atoms with van der Waals surface area (Å²) in [6.45, 7) is 3.74. The average molecular weight is 1120 g/mol. The Morgan fingerprint density at radius 2 is 1.05 bits per heavy atom. The quantitative estimate of drug-likeness (QED) is 0.0763. The molecule has 1 N–H and O–H groups in total. The summed E-state index contributed by atoms with van der Waals surface area (Å²) < 4.78 is 53.0. The standard InChI is InChI=1S/C71H61N3O8S/c1-48-24-38-59(62(43-48)70(76)52-18-15-19-58(44-52)83(77,78)79)51-27-39-61(63(45-51)69(75)50-25-32-57(33-26-50)82-68-23-10-13-42-74-68)60-20-16-22-67(65(60)47-73)81-56-36-30-54(31-37-56)71(40-11-8-6-4-3-5-7-9-12-41-71)53-28-34-55(35-29-53)80-66-21-14-17-49(2)64(66)46-72/h10,13-39,42-45H,3-9,11-12,40-41H2,1-2H3,(H,77,78,79). The zero-order valence-corrected chi connectivity index (χ0v) is 47.1. The van der Waals surface area contributed by atoms with Crippen LogP contribution in [0.25, 0.3) is 22.3 Å². The lowest BCUT2D eigenvalue weighted by Gasteiger charge is -2.36. The van der Waals surface area contributed by atoms with Crippen molar-refractivity contribution in [3.63, 3.8) is 0 Å². The number of hydrogen-bond donors (Lipinski definition) is 1. The fourth-order valence-electron chi connectivity index (χ4n) is 11.3. The van der Waals surface area contributed by atoms with Crippen LogP contribution < -0.4 is 14.2 Å². The lowest BCUT2D eigenvalue weighted by atomic mass is 9.67. The molecule has 83 heavy (non-hydrogen) atoms. The van der Waals surface area contributed by atoms with Gasteiger partial charge in [-0.25, -0.2) is 4.98 Å². The topological polar surface area (TPSA) is 177 Å². The first-order valence-corrected chi connectivity index (χ1v) is 29.5. The van der Waals surface area contributed by atoms with Crippen molar-refractivity contribution in [2.45, 2.75) is 94.8 Å².